The molecule has 1 aliphatic rings. The maximum Gasteiger partial charge on any atom is 0.306 e. The summed E-state index contributed by atoms with van der Waals surface area (Å²) in [5.74, 6) is 1.05. The summed E-state index contributed by atoms with van der Waals surface area (Å²) >= 11 is 0. The van der Waals surface area contributed by atoms with Crippen LogP contribution in [0.1, 0.15) is 32.0 Å². The van der Waals surface area contributed by atoms with Crippen LogP contribution in [0.4, 0.5) is 5.82 Å². The zero-order valence-electron chi connectivity index (χ0n) is 15.3. The van der Waals surface area contributed by atoms with Crippen LogP contribution in [0.25, 0.3) is 22.6 Å². The van der Waals surface area contributed by atoms with Crippen LogP contribution in [0.2, 0.25) is 0 Å². The summed E-state index contributed by atoms with van der Waals surface area (Å²) in [6, 6.07) is 0.0714. The molecule has 0 aliphatic heterocycles. The second kappa shape index (κ2) is 6.90. The minimum absolute atomic E-state index is 0.0714. The Morgan fingerprint density at radius 2 is 2.04 bits per heavy atom. The highest BCUT2D eigenvalue weighted by atomic mass is 16.4. The van der Waals surface area contributed by atoms with Crippen molar-refractivity contribution in [1.29, 1.82) is 0 Å². The Kier molecular flexibility index (Phi) is 4.43. The standard InChI is InChI=1S/C18H21N7O2/c1-3-25-16(12-7-19-10(2)20-8-12)24-14-15(21-9-22-17(14)25)23-13-5-4-11(6-13)18(26)27/h7-9,11,13H,3-6H2,1-2H3,(H,26,27)(H,21,22,23). The fourth-order valence-electron chi connectivity index (χ4n) is 3.60. The van der Waals surface area contributed by atoms with Crippen LogP contribution < -0.4 is 5.32 Å². The molecule has 2 atom stereocenters. The molecule has 3 heterocycles. The monoisotopic (exact) mass is 367 g/mol. The lowest BCUT2D eigenvalue weighted by Crippen LogP contribution is -2.18. The van der Waals surface area contributed by atoms with Crippen molar-refractivity contribution in [2.45, 2.75) is 45.7 Å². The van der Waals surface area contributed by atoms with E-state index in [9.17, 15) is 9.90 Å². The van der Waals surface area contributed by atoms with Crippen molar-refractivity contribution in [2.24, 2.45) is 5.92 Å². The molecular weight excluding hydrogens is 346 g/mol. The van der Waals surface area contributed by atoms with Crippen LogP contribution >= 0.6 is 0 Å². The predicted molar refractivity (Wildman–Crippen MR) is 99.1 cm³/mol. The van der Waals surface area contributed by atoms with Gasteiger partial charge in [-0.3, -0.25) is 4.79 Å². The molecule has 0 aromatic carbocycles. The van der Waals surface area contributed by atoms with Crippen LogP contribution in [-0.4, -0.2) is 46.6 Å². The van der Waals surface area contributed by atoms with Crippen molar-refractivity contribution in [3.8, 4) is 11.4 Å². The zero-order chi connectivity index (χ0) is 19.0. The van der Waals surface area contributed by atoms with Gasteiger partial charge in [0.1, 0.15) is 18.0 Å². The van der Waals surface area contributed by atoms with E-state index in [0.29, 0.717) is 36.5 Å². The maximum absolute atomic E-state index is 11.2. The molecule has 9 heteroatoms. The normalized spacial score (nSPS) is 19.5. The van der Waals surface area contributed by atoms with E-state index in [1.807, 2.05) is 18.4 Å². The number of imidazole rings is 1. The van der Waals surface area contributed by atoms with E-state index in [1.54, 1.807) is 12.4 Å². The Labute approximate surface area is 155 Å². The highest BCUT2D eigenvalue weighted by molar-refractivity contribution is 5.86. The number of aliphatic carboxylic acids is 1. The van der Waals surface area contributed by atoms with Crippen molar-refractivity contribution in [2.75, 3.05) is 5.32 Å². The third-order valence-corrected chi connectivity index (χ3v) is 5.01. The first kappa shape index (κ1) is 17.3. The lowest BCUT2D eigenvalue weighted by molar-refractivity contribution is -0.141. The first-order valence-electron chi connectivity index (χ1n) is 9.06. The van der Waals surface area contributed by atoms with E-state index in [4.69, 9.17) is 4.98 Å². The Hall–Kier alpha value is -3.10. The van der Waals surface area contributed by atoms with Gasteiger partial charge in [0.2, 0.25) is 0 Å². The molecule has 0 spiro atoms. The fourth-order valence-corrected chi connectivity index (χ4v) is 3.60. The quantitative estimate of drug-likeness (QED) is 0.705. The SMILES string of the molecule is CCn1c(-c2cnc(C)nc2)nc2c(NC3CCC(C(=O)O)C3)ncnc21. The van der Waals surface area contributed by atoms with Crippen molar-refractivity contribution < 1.29 is 9.90 Å². The Bertz CT molecular complexity index is 983. The van der Waals surface area contributed by atoms with Gasteiger partial charge in [0.05, 0.1) is 11.5 Å². The van der Waals surface area contributed by atoms with Gasteiger partial charge in [-0.15, -0.1) is 0 Å². The molecule has 140 valence electrons. The molecule has 3 aromatic heterocycles. The summed E-state index contributed by atoms with van der Waals surface area (Å²) in [7, 11) is 0. The first-order chi connectivity index (χ1) is 13.1. The van der Waals surface area contributed by atoms with Crippen LogP contribution in [0.15, 0.2) is 18.7 Å². The molecule has 1 fully saturated rings. The Balaban J connectivity index is 1.71. The van der Waals surface area contributed by atoms with Crippen molar-refractivity contribution in [1.82, 2.24) is 29.5 Å². The average molecular weight is 367 g/mol. The first-order valence-corrected chi connectivity index (χ1v) is 9.06. The van der Waals surface area contributed by atoms with Crippen LogP contribution in [-0.2, 0) is 11.3 Å². The lowest BCUT2D eigenvalue weighted by Gasteiger charge is -2.13. The molecule has 0 amide bonds. The number of hydrogen-bond acceptors (Lipinski definition) is 7. The smallest absolute Gasteiger partial charge is 0.306 e. The van der Waals surface area contributed by atoms with Gasteiger partial charge in [-0.25, -0.2) is 24.9 Å². The number of fused-ring (bicyclic) bond motifs is 1. The topological polar surface area (TPSA) is 119 Å². The third-order valence-electron chi connectivity index (χ3n) is 5.01. The molecule has 2 N–H and O–H groups in total. The van der Waals surface area contributed by atoms with Gasteiger partial charge in [0.15, 0.2) is 17.0 Å². The van der Waals surface area contributed by atoms with Gasteiger partial charge in [-0.2, -0.15) is 0 Å². The maximum atomic E-state index is 11.2. The highest BCUT2D eigenvalue weighted by Gasteiger charge is 2.30. The molecule has 0 radical (unpaired) electrons. The van der Waals surface area contributed by atoms with E-state index in [0.717, 1.165) is 23.5 Å². The van der Waals surface area contributed by atoms with E-state index in [2.05, 4.69) is 25.3 Å². The number of nitrogens with zero attached hydrogens (tertiary/aromatic N) is 6. The number of aromatic nitrogens is 6. The number of rotatable bonds is 5. The molecule has 27 heavy (non-hydrogen) atoms. The Morgan fingerprint density at radius 3 is 2.70 bits per heavy atom. The minimum Gasteiger partial charge on any atom is -0.481 e. The van der Waals surface area contributed by atoms with Crippen LogP contribution in [0.3, 0.4) is 0 Å². The molecule has 0 saturated heterocycles. The van der Waals surface area contributed by atoms with Crippen molar-refractivity contribution in [3.63, 3.8) is 0 Å². The Morgan fingerprint density at radius 1 is 1.26 bits per heavy atom. The summed E-state index contributed by atoms with van der Waals surface area (Å²) in [6.45, 7) is 4.57. The molecule has 3 aromatic rings. The number of hydrogen-bond donors (Lipinski definition) is 2. The molecular formula is C18H21N7O2. The largest absolute Gasteiger partial charge is 0.481 e. The lowest BCUT2D eigenvalue weighted by atomic mass is 10.1. The van der Waals surface area contributed by atoms with E-state index < -0.39 is 5.97 Å². The van der Waals surface area contributed by atoms with Crippen molar-refractivity contribution in [3.05, 3.63) is 24.5 Å². The summed E-state index contributed by atoms with van der Waals surface area (Å²) in [5, 5.41) is 12.6. The fraction of sp³-hybridized carbons (Fsp3) is 0.444. The second-order valence-corrected chi connectivity index (χ2v) is 6.78. The summed E-state index contributed by atoms with van der Waals surface area (Å²) in [4.78, 5) is 33.2. The van der Waals surface area contributed by atoms with Gasteiger partial charge in [0.25, 0.3) is 0 Å². The van der Waals surface area contributed by atoms with Gasteiger partial charge < -0.3 is 15.0 Å². The zero-order valence-corrected chi connectivity index (χ0v) is 15.3. The number of carboxylic acid groups (broad SMARTS) is 1. The van der Waals surface area contributed by atoms with Gasteiger partial charge >= 0.3 is 5.97 Å². The average Bonchev–Trinajstić information content (AvgIpc) is 3.27. The predicted octanol–water partition coefficient (Wildman–Crippen LogP) is 2.28. The van der Waals surface area contributed by atoms with Crippen LogP contribution in [0.5, 0.6) is 0 Å². The number of carbonyl (C=O) groups is 1. The number of aryl methyl sites for hydroxylation is 2. The van der Waals surface area contributed by atoms with Crippen LogP contribution in [0, 0.1) is 12.8 Å². The van der Waals surface area contributed by atoms with Gasteiger partial charge in [-0.1, -0.05) is 0 Å². The minimum atomic E-state index is -0.732. The summed E-state index contributed by atoms with van der Waals surface area (Å²) < 4.78 is 2.00. The van der Waals surface area contributed by atoms with Crippen molar-refractivity contribution >= 4 is 23.0 Å². The van der Waals surface area contributed by atoms with Gasteiger partial charge in [0, 0.05) is 25.0 Å². The highest BCUT2D eigenvalue weighted by Crippen LogP contribution is 2.31. The molecule has 4 rings (SSSR count). The molecule has 0 bridgehead atoms. The van der Waals surface area contributed by atoms with E-state index >= 15 is 0 Å². The summed E-state index contributed by atoms with van der Waals surface area (Å²) in [6.07, 6.45) is 7.09. The number of nitrogens with one attached hydrogen (secondary N) is 1. The molecule has 2 unspecified atom stereocenters. The molecule has 1 saturated carbocycles. The molecule has 9 nitrogen and oxygen atoms in total. The number of carboxylic acids is 1. The van der Waals surface area contributed by atoms with Gasteiger partial charge in [-0.05, 0) is 33.1 Å². The van der Waals surface area contributed by atoms with E-state index in [1.165, 1.54) is 6.33 Å². The summed E-state index contributed by atoms with van der Waals surface area (Å²) in [5.41, 5.74) is 2.23. The third kappa shape index (κ3) is 3.20. The second-order valence-electron chi connectivity index (χ2n) is 6.78. The van der Waals surface area contributed by atoms with E-state index in [-0.39, 0.29) is 12.0 Å². The molecule has 1 aliphatic carbocycles. The number of anilines is 1.